The molecule has 0 heterocycles. The maximum Gasteiger partial charge on any atom is 0.224 e. The first-order chi connectivity index (χ1) is 13.2. The van der Waals surface area contributed by atoms with Crippen molar-refractivity contribution < 1.29 is 4.79 Å². The second kappa shape index (κ2) is 15.9. The summed E-state index contributed by atoms with van der Waals surface area (Å²) >= 11 is 0. The van der Waals surface area contributed by atoms with E-state index in [1.807, 2.05) is 12.1 Å². The zero-order chi connectivity index (χ0) is 19.6. The number of nitrogen functional groups attached to an aromatic ring is 1. The average Bonchev–Trinajstić information content (AvgIpc) is 2.66. The van der Waals surface area contributed by atoms with Crippen LogP contribution in [0.15, 0.2) is 60.7 Å². The molecule has 0 unspecified atom stereocenters. The smallest absolute Gasteiger partial charge is 0.224 e. The predicted molar refractivity (Wildman–Crippen MR) is 119 cm³/mol. The van der Waals surface area contributed by atoms with Crippen molar-refractivity contribution in [3.8, 4) is 0 Å². The topological polar surface area (TPSA) is 55.1 Å². The Hall–Kier alpha value is -2.29. The maximum absolute atomic E-state index is 11.9. The Labute approximate surface area is 165 Å². The molecule has 0 aliphatic rings. The molecule has 0 bridgehead atoms. The number of benzene rings is 1. The van der Waals surface area contributed by atoms with Crippen LogP contribution in [0, 0.1) is 0 Å². The first-order valence-electron chi connectivity index (χ1n) is 10.3. The van der Waals surface area contributed by atoms with Gasteiger partial charge in [-0.05, 0) is 62.8 Å². The lowest BCUT2D eigenvalue weighted by Crippen LogP contribution is -2.10. The molecule has 1 rings (SSSR count). The van der Waals surface area contributed by atoms with Gasteiger partial charge in [-0.25, -0.2) is 0 Å². The van der Waals surface area contributed by atoms with Gasteiger partial charge in [-0.3, -0.25) is 4.79 Å². The number of carbonyl (C=O) groups excluding carboxylic acids is 1. The van der Waals surface area contributed by atoms with Gasteiger partial charge >= 0.3 is 0 Å². The summed E-state index contributed by atoms with van der Waals surface area (Å²) < 4.78 is 0. The SMILES string of the molecule is CC/C=C\C/C=C\C/C=C\CCCCCCCC(=O)Nc1ccc(N)cc1. The van der Waals surface area contributed by atoms with Crippen molar-refractivity contribution in [2.24, 2.45) is 0 Å². The highest BCUT2D eigenvalue weighted by Gasteiger charge is 2.01. The van der Waals surface area contributed by atoms with Crippen molar-refractivity contribution in [1.82, 2.24) is 0 Å². The van der Waals surface area contributed by atoms with Crippen LogP contribution in [0.5, 0.6) is 0 Å². The van der Waals surface area contributed by atoms with Crippen LogP contribution in [0.3, 0.4) is 0 Å². The third kappa shape index (κ3) is 13.6. The Morgan fingerprint density at radius 2 is 1.44 bits per heavy atom. The molecule has 0 aliphatic carbocycles. The maximum atomic E-state index is 11.9. The molecule has 0 saturated heterocycles. The van der Waals surface area contributed by atoms with E-state index < -0.39 is 0 Å². The zero-order valence-corrected chi connectivity index (χ0v) is 16.8. The second-order valence-corrected chi connectivity index (χ2v) is 6.77. The fourth-order valence-electron chi connectivity index (χ4n) is 2.69. The van der Waals surface area contributed by atoms with Gasteiger partial charge in [0.1, 0.15) is 0 Å². The molecule has 148 valence electrons. The average molecular weight is 369 g/mol. The van der Waals surface area contributed by atoms with E-state index in [9.17, 15) is 4.79 Å². The van der Waals surface area contributed by atoms with Crippen LogP contribution in [-0.4, -0.2) is 5.91 Å². The van der Waals surface area contributed by atoms with E-state index in [0.717, 1.165) is 44.2 Å². The minimum absolute atomic E-state index is 0.0842. The van der Waals surface area contributed by atoms with E-state index in [4.69, 9.17) is 5.73 Å². The van der Waals surface area contributed by atoms with Gasteiger partial charge in [0.15, 0.2) is 0 Å². The van der Waals surface area contributed by atoms with Gasteiger partial charge in [-0.1, -0.05) is 62.6 Å². The fraction of sp³-hybridized carbons (Fsp3) is 0.458. The Morgan fingerprint density at radius 1 is 0.852 bits per heavy atom. The summed E-state index contributed by atoms with van der Waals surface area (Å²) in [5.41, 5.74) is 7.15. The highest BCUT2D eigenvalue weighted by molar-refractivity contribution is 5.90. The minimum atomic E-state index is 0.0842. The zero-order valence-electron chi connectivity index (χ0n) is 16.8. The molecule has 1 aromatic rings. The van der Waals surface area contributed by atoms with Crippen molar-refractivity contribution in [3.63, 3.8) is 0 Å². The van der Waals surface area contributed by atoms with Crippen LogP contribution >= 0.6 is 0 Å². The number of hydrogen-bond acceptors (Lipinski definition) is 2. The van der Waals surface area contributed by atoms with Crippen molar-refractivity contribution in [2.75, 3.05) is 11.1 Å². The third-order valence-electron chi connectivity index (χ3n) is 4.25. The number of nitrogens with one attached hydrogen (secondary N) is 1. The lowest BCUT2D eigenvalue weighted by molar-refractivity contribution is -0.116. The number of unbranched alkanes of at least 4 members (excludes halogenated alkanes) is 5. The van der Waals surface area contributed by atoms with E-state index in [2.05, 4.69) is 48.7 Å². The molecule has 0 saturated carbocycles. The van der Waals surface area contributed by atoms with E-state index in [-0.39, 0.29) is 5.91 Å². The molecule has 0 fully saturated rings. The van der Waals surface area contributed by atoms with Crippen molar-refractivity contribution in [3.05, 3.63) is 60.7 Å². The fourth-order valence-corrected chi connectivity index (χ4v) is 2.69. The van der Waals surface area contributed by atoms with Crippen LogP contribution in [0.1, 0.15) is 71.1 Å². The predicted octanol–water partition coefficient (Wildman–Crippen LogP) is 6.80. The van der Waals surface area contributed by atoms with E-state index >= 15 is 0 Å². The molecule has 0 aliphatic heterocycles. The van der Waals surface area contributed by atoms with Crippen LogP contribution in [-0.2, 0) is 4.79 Å². The minimum Gasteiger partial charge on any atom is -0.399 e. The number of anilines is 2. The Balaban J connectivity index is 1.92. The normalized spacial score (nSPS) is 11.7. The number of hydrogen-bond donors (Lipinski definition) is 2. The largest absolute Gasteiger partial charge is 0.399 e. The Morgan fingerprint density at radius 3 is 2.15 bits per heavy atom. The second-order valence-electron chi connectivity index (χ2n) is 6.77. The quantitative estimate of drug-likeness (QED) is 0.215. The molecule has 0 spiro atoms. The summed E-state index contributed by atoms with van der Waals surface area (Å²) in [7, 11) is 0. The van der Waals surface area contributed by atoms with E-state index in [1.165, 1.54) is 19.3 Å². The van der Waals surface area contributed by atoms with Crippen LogP contribution in [0.25, 0.3) is 0 Å². The molecule has 3 nitrogen and oxygen atoms in total. The van der Waals surface area contributed by atoms with Gasteiger partial charge in [-0.15, -0.1) is 0 Å². The lowest BCUT2D eigenvalue weighted by atomic mass is 10.1. The number of rotatable bonds is 14. The Kier molecular flexibility index (Phi) is 13.4. The third-order valence-corrected chi connectivity index (χ3v) is 4.25. The molecule has 1 aromatic carbocycles. The van der Waals surface area contributed by atoms with Crippen LogP contribution in [0.4, 0.5) is 11.4 Å². The summed E-state index contributed by atoms with van der Waals surface area (Å²) in [5, 5.41) is 2.91. The first kappa shape index (κ1) is 22.8. The van der Waals surface area contributed by atoms with Crippen molar-refractivity contribution >= 4 is 17.3 Å². The molecular formula is C24H36N2O. The molecule has 0 radical (unpaired) electrons. The van der Waals surface area contributed by atoms with E-state index in [1.54, 1.807) is 12.1 Å². The molecule has 1 amide bonds. The lowest BCUT2D eigenvalue weighted by Gasteiger charge is -2.05. The van der Waals surface area contributed by atoms with Gasteiger partial charge in [0.05, 0.1) is 0 Å². The molecule has 3 N–H and O–H groups in total. The first-order valence-corrected chi connectivity index (χ1v) is 10.3. The number of carbonyl (C=O) groups is 1. The van der Waals surface area contributed by atoms with Gasteiger partial charge in [0, 0.05) is 17.8 Å². The molecule has 27 heavy (non-hydrogen) atoms. The highest BCUT2D eigenvalue weighted by atomic mass is 16.1. The van der Waals surface area contributed by atoms with Gasteiger partial charge < -0.3 is 11.1 Å². The van der Waals surface area contributed by atoms with Crippen LogP contribution in [0.2, 0.25) is 0 Å². The number of amides is 1. The summed E-state index contributed by atoms with van der Waals surface area (Å²) in [5.74, 6) is 0.0842. The van der Waals surface area contributed by atoms with Gasteiger partial charge in [0.2, 0.25) is 5.91 Å². The van der Waals surface area contributed by atoms with Crippen LogP contribution < -0.4 is 11.1 Å². The highest BCUT2D eigenvalue weighted by Crippen LogP contribution is 2.12. The summed E-state index contributed by atoms with van der Waals surface area (Å²) in [6.07, 6.45) is 24.1. The standard InChI is InChI=1S/C24H36N2O/c1-2-3-4-5-6-7-8-9-10-11-12-13-14-15-16-17-24(27)26-23-20-18-22(25)19-21-23/h3-4,6-7,9-10,18-21H,2,5,8,11-17,25H2,1H3,(H,26,27)/b4-3-,7-6-,10-9-. The van der Waals surface area contributed by atoms with Crippen molar-refractivity contribution in [1.29, 1.82) is 0 Å². The number of allylic oxidation sites excluding steroid dienone is 6. The van der Waals surface area contributed by atoms with Crippen molar-refractivity contribution in [2.45, 2.75) is 71.1 Å². The molecule has 0 aromatic heterocycles. The monoisotopic (exact) mass is 368 g/mol. The van der Waals surface area contributed by atoms with Gasteiger partial charge in [-0.2, -0.15) is 0 Å². The molecule has 0 atom stereocenters. The number of nitrogens with two attached hydrogens (primary N) is 1. The molecular weight excluding hydrogens is 332 g/mol. The summed E-state index contributed by atoms with van der Waals surface area (Å²) in [4.78, 5) is 11.9. The summed E-state index contributed by atoms with van der Waals surface area (Å²) in [6.45, 7) is 2.16. The van der Waals surface area contributed by atoms with E-state index in [0.29, 0.717) is 12.1 Å². The summed E-state index contributed by atoms with van der Waals surface area (Å²) in [6, 6.07) is 7.26. The Bertz CT molecular complexity index is 585. The molecule has 3 heteroatoms. The van der Waals surface area contributed by atoms with Gasteiger partial charge in [0.25, 0.3) is 0 Å².